The SMILES string of the molecule is Cc1ccc(OCCN2CCN(C(=O)c3ccc(C)cc3)CC2)cc1. The van der Waals surface area contributed by atoms with Gasteiger partial charge in [0.1, 0.15) is 12.4 Å². The molecule has 25 heavy (non-hydrogen) atoms. The van der Waals surface area contributed by atoms with E-state index >= 15 is 0 Å². The molecule has 1 heterocycles. The van der Waals surface area contributed by atoms with Gasteiger partial charge in [0.25, 0.3) is 5.91 Å². The largest absolute Gasteiger partial charge is 0.492 e. The second kappa shape index (κ2) is 8.17. The second-order valence-corrected chi connectivity index (χ2v) is 6.66. The Morgan fingerprint density at radius 3 is 2.04 bits per heavy atom. The van der Waals surface area contributed by atoms with E-state index in [1.807, 2.05) is 48.2 Å². The van der Waals surface area contributed by atoms with Crippen LogP contribution in [0.1, 0.15) is 21.5 Å². The zero-order chi connectivity index (χ0) is 17.6. The van der Waals surface area contributed by atoms with E-state index in [1.54, 1.807) is 0 Å². The summed E-state index contributed by atoms with van der Waals surface area (Å²) in [4.78, 5) is 16.8. The molecule has 132 valence electrons. The standard InChI is InChI=1S/C21H26N2O2/c1-17-3-7-19(8-4-17)21(24)23-13-11-22(12-14-23)15-16-25-20-9-5-18(2)6-10-20/h3-10H,11-16H2,1-2H3. The first kappa shape index (κ1) is 17.5. The molecule has 1 fully saturated rings. The van der Waals surface area contributed by atoms with Crippen molar-refractivity contribution in [1.82, 2.24) is 9.80 Å². The monoisotopic (exact) mass is 338 g/mol. The van der Waals surface area contributed by atoms with Crippen LogP contribution < -0.4 is 4.74 Å². The molecule has 0 unspecified atom stereocenters. The van der Waals surface area contributed by atoms with Crippen LogP contribution in [0.5, 0.6) is 5.75 Å². The van der Waals surface area contributed by atoms with Gasteiger partial charge in [0.2, 0.25) is 0 Å². The molecule has 2 aromatic carbocycles. The van der Waals surface area contributed by atoms with Gasteiger partial charge in [-0.1, -0.05) is 35.4 Å². The van der Waals surface area contributed by atoms with Crippen LogP contribution in [-0.2, 0) is 0 Å². The van der Waals surface area contributed by atoms with Crippen molar-refractivity contribution in [2.45, 2.75) is 13.8 Å². The van der Waals surface area contributed by atoms with Gasteiger partial charge in [-0.15, -0.1) is 0 Å². The maximum absolute atomic E-state index is 12.5. The lowest BCUT2D eigenvalue weighted by molar-refractivity contribution is 0.0620. The maximum atomic E-state index is 12.5. The van der Waals surface area contributed by atoms with Crippen LogP contribution in [0.25, 0.3) is 0 Å². The number of carbonyl (C=O) groups is 1. The summed E-state index contributed by atoms with van der Waals surface area (Å²) in [6.07, 6.45) is 0. The van der Waals surface area contributed by atoms with Crippen molar-refractivity contribution in [2.75, 3.05) is 39.3 Å². The molecule has 2 aromatic rings. The van der Waals surface area contributed by atoms with Crippen molar-refractivity contribution >= 4 is 5.91 Å². The Labute approximate surface area is 150 Å². The van der Waals surface area contributed by atoms with E-state index in [9.17, 15) is 4.79 Å². The first-order chi connectivity index (χ1) is 12.1. The Hall–Kier alpha value is -2.33. The van der Waals surface area contributed by atoms with Gasteiger partial charge >= 0.3 is 0 Å². The van der Waals surface area contributed by atoms with E-state index < -0.39 is 0 Å². The number of rotatable bonds is 5. The molecule has 0 N–H and O–H groups in total. The summed E-state index contributed by atoms with van der Waals surface area (Å²) in [5.41, 5.74) is 3.19. The second-order valence-electron chi connectivity index (χ2n) is 6.66. The third-order valence-corrected chi connectivity index (χ3v) is 4.66. The van der Waals surface area contributed by atoms with Gasteiger partial charge in [0.05, 0.1) is 0 Å². The smallest absolute Gasteiger partial charge is 0.253 e. The van der Waals surface area contributed by atoms with Crippen LogP contribution in [0, 0.1) is 13.8 Å². The molecule has 0 radical (unpaired) electrons. The number of nitrogens with zero attached hydrogens (tertiary/aromatic N) is 2. The van der Waals surface area contributed by atoms with Gasteiger partial charge in [-0.3, -0.25) is 9.69 Å². The Kier molecular flexibility index (Phi) is 5.71. The molecule has 0 saturated carbocycles. The third-order valence-electron chi connectivity index (χ3n) is 4.66. The zero-order valence-electron chi connectivity index (χ0n) is 15.1. The third kappa shape index (κ3) is 4.83. The molecule has 1 saturated heterocycles. The average molecular weight is 338 g/mol. The van der Waals surface area contributed by atoms with E-state index in [-0.39, 0.29) is 5.91 Å². The summed E-state index contributed by atoms with van der Waals surface area (Å²) in [6, 6.07) is 16.0. The fourth-order valence-corrected chi connectivity index (χ4v) is 2.98. The average Bonchev–Trinajstić information content (AvgIpc) is 2.64. The van der Waals surface area contributed by atoms with Gasteiger partial charge < -0.3 is 9.64 Å². The first-order valence-corrected chi connectivity index (χ1v) is 8.89. The summed E-state index contributed by atoms with van der Waals surface area (Å²) in [6.45, 7) is 9.01. The lowest BCUT2D eigenvalue weighted by Gasteiger charge is -2.34. The van der Waals surface area contributed by atoms with Crippen molar-refractivity contribution in [3.63, 3.8) is 0 Å². The van der Waals surface area contributed by atoms with Crippen molar-refractivity contribution in [1.29, 1.82) is 0 Å². The Balaban J connectivity index is 1.41. The number of aryl methyl sites for hydroxylation is 2. The highest BCUT2D eigenvalue weighted by Gasteiger charge is 2.21. The summed E-state index contributed by atoms with van der Waals surface area (Å²) in [5, 5.41) is 0. The van der Waals surface area contributed by atoms with Crippen LogP contribution in [0.2, 0.25) is 0 Å². The highest BCUT2D eigenvalue weighted by Crippen LogP contribution is 2.12. The maximum Gasteiger partial charge on any atom is 0.253 e. The molecule has 4 heteroatoms. The number of amides is 1. The summed E-state index contributed by atoms with van der Waals surface area (Å²) in [7, 11) is 0. The predicted octanol–water partition coefficient (Wildman–Crippen LogP) is 3.14. The quantitative estimate of drug-likeness (QED) is 0.840. The van der Waals surface area contributed by atoms with Crippen LogP contribution in [0.15, 0.2) is 48.5 Å². The molecule has 1 aliphatic heterocycles. The van der Waals surface area contributed by atoms with Crippen LogP contribution in [0.4, 0.5) is 0 Å². The van der Waals surface area contributed by atoms with Gasteiger partial charge in [0, 0.05) is 38.3 Å². The molecule has 4 nitrogen and oxygen atoms in total. The zero-order valence-corrected chi connectivity index (χ0v) is 15.1. The number of benzene rings is 2. The molecule has 0 aromatic heterocycles. The number of hydrogen-bond acceptors (Lipinski definition) is 3. The topological polar surface area (TPSA) is 32.8 Å². The summed E-state index contributed by atoms with van der Waals surface area (Å²) in [5.74, 6) is 1.05. The minimum atomic E-state index is 0.135. The van der Waals surface area contributed by atoms with Crippen molar-refractivity contribution in [2.24, 2.45) is 0 Å². The molecule has 1 aliphatic rings. The van der Waals surface area contributed by atoms with E-state index in [1.165, 1.54) is 11.1 Å². The van der Waals surface area contributed by atoms with E-state index in [4.69, 9.17) is 4.74 Å². The normalized spacial score (nSPS) is 15.2. The number of ether oxygens (including phenoxy) is 1. The predicted molar refractivity (Wildman–Crippen MR) is 100 cm³/mol. The van der Waals surface area contributed by atoms with Crippen LogP contribution in [-0.4, -0.2) is 55.0 Å². The Bertz CT molecular complexity index is 687. The fourth-order valence-electron chi connectivity index (χ4n) is 2.98. The number of piperazine rings is 1. The van der Waals surface area contributed by atoms with E-state index in [0.29, 0.717) is 6.61 Å². The van der Waals surface area contributed by atoms with Crippen LogP contribution in [0.3, 0.4) is 0 Å². The van der Waals surface area contributed by atoms with Crippen molar-refractivity contribution in [3.05, 3.63) is 65.2 Å². The van der Waals surface area contributed by atoms with Crippen molar-refractivity contribution < 1.29 is 9.53 Å². The van der Waals surface area contributed by atoms with Crippen molar-refractivity contribution in [3.8, 4) is 5.75 Å². The Morgan fingerprint density at radius 1 is 0.880 bits per heavy atom. The van der Waals surface area contributed by atoms with Crippen LogP contribution >= 0.6 is 0 Å². The minimum Gasteiger partial charge on any atom is -0.492 e. The van der Waals surface area contributed by atoms with Gasteiger partial charge in [0.15, 0.2) is 0 Å². The highest BCUT2D eigenvalue weighted by atomic mass is 16.5. The molecule has 0 bridgehead atoms. The molecule has 0 spiro atoms. The molecule has 0 atom stereocenters. The van der Waals surface area contributed by atoms with E-state index in [0.717, 1.165) is 44.0 Å². The first-order valence-electron chi connectivity index (χ1n) is 8.89. The fraction of sp³-hybridized carbons (Fsp3) is 0.381. The van der Waals surface area contributed by atoms with Gasteiger partial charge in [-0.25, -0.2) is 0 Å². The molecule has 3 rings (SSSR count). The molecule has 0 aliphatic carbocycles. The number of hydrogen-bond donors (Lipinski definition) is 0. The summed E-state index contributed by atoms with van der Waals surface area (Å²) < 4.78 is 5.80. The highest BCUT2D eigenvalue weighted by molar-refractivity contribution is 5.94. The minimum absolute atomic E-state index is 0.135. The lowest BCUT2D eigenvalue weighted by Crippen LogP contribution is -2.49. The van der Waals surface area contributed by atoms with Gasteiger partial charge in [-0.2, -0.15) is 0 Å². The van der Waals surface area contributed by atoms with E-state index in [2.05, 4.69) is 24.0 Å². The Morgan fingerprint density at radius 2 is 1.44 bits per heavy atom. The molecular formula is C21H26N2O2. The molecular weight excluding hydrogens is 312 g/mol. The number of carbonyl (C=O) groups excluding carboxylic acids is 1. The molecule has 1 amide bonds. The lowest BCUT2D eigenvalue weighted by atomic mass is 10.1. The summed E-state index contributed by atoms with van der Waals surface area (Å²) >= 11 is 0. The van der Waals surface area contributed by atoms with Gasteiger partial charge in [-0.05, 0) is 38.1 Å².